The highest BCUT2D eigenvalue weighted by molar-refractivity contribution is 5.43. The Kier molecular flexibility index (Phi) is 6.93. The Morgan fingerprint density at radius 1 is 1.16 bits per heavy atom. The molecule has 0 saturated carbocycles. The van der Waals surface area contributed by atoms with Gasteiger partial charge in [0.1, 0.15) is 5.75 Å². The van der Waals surface area contributed by atoms with Gasteiger partial charge in [-0.3, -0.25) is 0 Å². The predicted molar refractivity (Wildman–Crippen MR) is 82.9 cm³/mol. The third-order valence-corrected chi connectivity index (χ3v) is 3.15. The molecule has 0 unspecified atom stereocenters. The number of hydrogen-bond acceptors (Lipinski definition) is 2. The standard InChI is InChI=1S/C17H29NO/c1-6-7-8-19-17-14(4)9-16(10-15(17)5)12-18-11-13(2)3/h9-10,13,18H,6-8,11-12H2,1-5H3. The summed E-state index contributed by atoms with van der Waals surface area (Å²) >= 11 is 0. The van der Waals surface area contributed by atoms with Crippen molar-refractivity contribution in [1.29, 1.82) is 0 Å². The van der Waals surface area contributed by atoms with Gasteiger partial charge in [-0.1, -0.05) is 39.3 Å². The highest BCUT2D eigenvalue weighted by atomic mass is 16.5. The molecular formula is C17H29NO. The Morgan fingerprint density at radius 2 is 1.79 bits per heavy atom. The summed E-state index contributed by atoms with van der Waals surface area (Å²) in [6, 6.07) is 4.48. The second-order valence-electron chi connectivity index (χ2n) is 5.79. The Bertz CT molecular complexity index is 362. The normalized spacial score (nSPS) is 11.1. The Morgan fingerprint density at radius 3 is 2.32 bits per heavy atom. The van der Waals surface area contributed by atoms with E-state index in [1.807, 2.05) is 0 Å². The van der Waals surface area contributed by atoms with Gasteiger partial charge in [-0.05, 0) is 49.4 Å². The average Bonchev–Trinajstić information content (AvgIpc) is 2.32. The van der Waals surface area contributed by atoms with Crippen molar-refractivity contribution >= 4 is 0 Å². The molecule has 0 heterocycles. The van der Waals surface area contributed by atoms with Crippen LogP contribution in [0.5, 0.6) is 5.75 Å². The maximum atomic E-state index is 5.89. The van der Waals surface area contributed by atoms with Gasteiger partial charge in [-0.25, -0.2) is 0 Å². The van der Waals surface area contributed by atoms with Crippen LogP contribution in [0.25, 0.3) is 0 Å². The topological polar surface area (TPSA) is 21.3 Å². The molecule has 2 nitrogen and oxygen atoms in total. The van der Waals surface area contributed by atoms with E-state index >= 15 is 0 Å². The minimum Gasteiger partial charge on any atom is -0.493 e. The minimum absolute atomic E-state index is 0.693. The van der Waals surface area contributed by atoms with Gasteiger partial charge in [0.05, 0.1) is 6.61 Å². The summed E-state index contributed by atoms with van der Waals surface area (Å²) in [5, 5.41) is 3.49. The number of aryl methyl sites for hydroxylation is 2. The maximum absolute atomic E-state index is 5.89. The highest BCUT2D eigenvalue weighted by Crippen LogP contribution is 2.25. The molecule has 19 heavy (non-hydrogen) atoms. The van der Waals surface area contributed by atoms with Crippen LogP contribution in [-0.2, 0) is 6.54 Å². The number of nitrogens with one attached hydrogen (secondary N) is 1. The van der Waals surface area contributed by atoms with Crippen molar-refractivity contribution in [2.45, 2.75) is 54.0 Å². The first-order valence-electron chi connectivity index (χ1n) is 7.48. The summed E-state index contributed by atoms with van der Waals surface area (Å²) in [6.07, 6.45) is 2.30. The molecule has 0 aliphatic carbocycles. The molecule has 0 spiro atoms. The van der Waals surface area contributed by atoms with E-state index in [1.165, 1.54) is 23.1 Å². The van der Waals surface area contributed by atoms with Crippen LogP contribution in [0.1, 0.15) is 50.3 Å². The first-order valence-corrected chi connectivity index (χ1v) is 7.48. The average molecular weight is 263 g/mol. The molecule has 0 aliphatic rings. The van der Waals surface area contributed by atoms with Crippen LogP contribution in [0.15, 0.2) is 12.1 Å². The lowest BCUT2D eigenvalue weighted by atomic mass is 10.1. The quantitative estimate of drug-likeness (QED) is 0.709. The zero-order chi connectivity index (χ0) is 14.3. The van der Waals surface area contributed by atoms with Crippen LogP contribution in [0.3, 0.4) is 0 Å². The third kappa shape index (κ3) is 5.65. The lowest BCUT2D eigenvalue weighted by Crippen LogP contribution is -2.19. The number of unbranched alkanes of at least 4 members (excludes halogenated alkanes) is 1. The first kappa shape index (κ1) is 16.0. The highest BCUT2D eigenvalue weighted by Gasteiger charge is 2.06. The fourth-order valence-electron chi connectivity index (χ4n) is 2.19. The summed E-state index contributed by atoms with van der Waals surface area (Å²) in [5.74, 6) is 1.76. The summed E-state index contributed by atoms with van der Waals surface area (Å²) in [7, 11) is 0. The van der Waals surface area contributed by atoms with E-state index in [-0.39, 0.29) is 0 Å². The molecule has 1 rings (SSSR count). The van der Waals surface area contributed by atoms with Crippen LogP contribution in [0.4, 0.5) is 0 Å². The van der Waals surface area contributed by atoms with Gasteiger partial charge in [0, 0.05) is 6.54 Å². The van der Waals surface area contributed by atoms with Crippen molar-refractivity contribution in [3.8, 4) is 5.75 Å². The molecule has 1 N–H and O–H groups in total. The molecule has 0 aromatic heterocycles. The number of rotatable bonds is 8. The van der Waals surface area contributed by atoms with Crippen molar-refractivity contribution in [1.82, 2.24) is 5.32 Å². The van der Waals surface area contributed by atoms with Crippen molar-refractivity contribution in [2.24, 2.45) is 5.92 Å². The zero-order valence-corrected chi connectivity index (χ0v) is 13.2. The van der Waals surface area contributed by atoms with Gasteiger partial charge < -0.3 is 10.1 Å². The molecule has 0 saturated heterocycles. The maximum Gasteiger partial charge on any atom is 0.125 e. The molecule has 2 heteroatoms. The van der Waals surface area contributed by atoms with Crippen LogP contribution >= 0.6 is 0 Å². The van der Waals surface area contributed by atoms with Crippen LogP contribution < -0.4 is 10.1 Å². The molecule has 1 aromatic rings. The van der Waals surface area contributed by atoms with Gasteiger partial charge in [-0.15, -0.1) is 0 Å². The van der Waals surface area contributed by atoms with Gasteiger partial charge >= 0.3 is 0 Å². The van der Waals surface area contributed by atoms with E-state index in [2.05, 4.69) is 52.1 Å². The van der Waals surface area contributed by atoms with Crippen LogP contribution in [-0.4, -0.2) is 13.2 Å². The van der Waals surface area contributed by atoms with E-state index in [1.54, 1.807) is 0 Å². The Labute approximate surface area is 118 Å². The van der Waals surface area contributed by atoms with Crippen LogP contribution in [0.2, 0.25) is 0 Å². The van der Waals surface area contributed by atoms with Crippen molar-refractivity contribution in [2.75, 3.05) is 13.2 Å². The number of ether oxygens (including phenoxy) is 1. The molecule has 108 valence electrons. The molecule has 0 atom stereocenters. The molecule has 1 aromatic carbocycles. The predicted octanol–water partition coefficient (Wildman–Crippen LogP) is 4.23. The lowest BCUT2D eigenvalue weighted by molar-refractivity contribution is 0.305. The van der Waals surface area contributed by atoms with Crippen molar-refractivity contribution in [3.05, 3.63) is 28.8 Å². The smallest absolute Gasteiger partial charge is 0.125 e. The zero-order valence-electron chi connectivity index (χ0n) is 13.2. The molecule has 0 bridgehead atoms. The van der Waals surface area contributed by atoms with E-state index in [0.717, 1.165) is 31.9 Å². The van der Waals surface area contributed by atoms with E-state index in [4.69, 9.17) is 4.74 Å². The fourth-order valence-corrected chi connectivity index (χ4v) is 2.19. The molecule has 0 amide bonds. The summed E-state index contributed by atoms with van der Waals surface area (Å²) in [5.41, 5.74) is 3.84. The monoisotopic (exact) mass is 263 g/mol. The lowest BCUT2D eigenvalue weighted by Gasteiger charge is -2.14. The largest absolute Gasteiger partial charge is 0.493 e. The van der Waals surface area contributed by atoms with Gasteiger partial charge in [0.2, 0.25) is 0 Å². The first-order chi connectivity index (χ1) is 9.04. The number of benzene rings is 1. The van der Waals surface area contributed by atoms with Crippen LogP contribution in [0, 0.1) is 19.8 Å². The summed E-state index contributed by atoms with van der Waals surface area (Å²) < 4.78 is 5.89. The minimum atomic E-state index is 0.693. The second-order valence-corrected chi connectivity index (χ2v) is 5.79. The summed E-state index contributed by atoms with van der Waals surface area (Å²) in [4.78, 5) is 0. The Balaban J connectivity index is 2.62. The van der Waals surface area contributed by atoms with E-state index in [9.17, 15) is 0 Å². The van der Waals surface area contributed by atoms with E-state index < -0.39 is 0 Å². The van der Waals surface area contributed by atoms with E-state index in [0.29, 0.717) is 5.92 Å². The fraction of sp³-hybridized carbons (Fsp3) is 0.647. The SMILES string of the molecule is CCCCOc1c(C)cc(CNCC(C)C)cc1C. The van der Waals surface area contributed by atoms with Crippen molar-refractivity contribution in [3.63, 3.8) is 0 Å². The summed E-state index contributed by atoms with van der Waals surface area (Å²) in [6.45, 7) is 13.8. The van der Waals surface area contributed by atoms with Crippen molar-refractivity contribution < 1.29 is 4.74 Å². The molecule has 0 aliphatic heterocycles. The number of hydrogen-bond donors (Lipinski definition) is 1. The van der Waals surface area contributed by atoms with Gasteiger partial charge in [0.15, 0.2) is 0 Å². The van der Waals surface area contributed by atoms with Gasteiger partial charge in [-0.2, -0.15) is 0 Å². The molecule has 0 radical (unpaired) electrons. The second kappa shape index (κ2) is 8.21. The Hall–Kier alpha value is -1.02. The molecule has 0 fully saturated rings. The van der Waals surface area contributed by atoms with Gasteiger partial charge in [0.25, 0.3) is 0 Å². The molecular weight excluding hydrogens is 234 g/mol. The third-order valence-electron chi connectivity index (χ3n) is 3.15.